The molecule has 1 aromatic heterocycles. The van der Waals surface area contributed by atoms with Gasteiger partial charge in [0.25, 0.3) is 5.43 Å². The molecule has 6 heteroatoms. The van der Waals surface area contributed by atoms with Crippen molar-refractivity contribution in [2.75, 3.05) is 0 Å². The van der Waals surface area contributed by atoms with E-state index in [2.05, 4.69) is 9.97 Å². The summed E-state index contributed by atoms with van der Waals surface area (Å²) in [5.41, 5.74) is -1.34. The van der Waals surface area contributed by atoms with E-state index in [9.17, 15) is 19.2 Å². The second-order valence-electron chi connectivity index (χ2n) is 4.97. The van der Waals surface area contributed by atoms with E-state index in [4.69, 9.17) is 0 Å². The van der Waals surface area contributed by atoms with E-state index in [0.717, 1.165) is 6.07 Å². The minimum absolute atomic E-state index is 0.00198. The number of benzene rings is 3. The molecule has 0 spiro atoms. The van der Waals surface area contributed by atoms with Crippen LogP contribution in [-0.2, 0) is 0 Å². The maximum absolute atomic E-state index is 11.8. The van der Waals surface area contributed by atoms with Gasteiger partial charge in [0.05, 0.1) is 16.6 Å². The molecular weight excluding hydrogens is 284 g/mol. The first-order chi connectivity index (χ1) is 10.5. The van der Waals surface area contributed by atoms with E-state index in [1.165, 1.54) is 18.2 Å². The Kier molecular flexibility index (Phi) is 2.33. The molecule has 0 bridgehead atoms. The zero-order valence-electron chi connectivity index (χ0n) is 11.0. The smallest absolute Gasteiger partial charge is 0.253 e. The second-order valence-corrected chi connectivity index (χ2v) is 4.97. The van der Waals surface area contributed by atoms with E-state index in [1.54, 1.807) is 12.1 Å². The number of nitrogens with zero attached hydrogens (tertiary/aromatic N) is 2. The van der Waals surface area contributed by atoms with Gasteiger partial charge < -0.3 is 0 Å². The predicted molar refractivity (Wildman–Crippen MR) is 82.0 cm³/mol. The van der Waals surface area contributed by atoms with Crippen molar-refractivity contribution >= 4 is 32.8 Å². The lowest BCUT2D eigenvalue weighted by atomic mass is 10.1. The summed E-state index contributed by atoms with van der Waals surface area (Å²) in [5.74, 6) is 0. The maximum Gasteiger partial charge on any atom is 0.253 e. The third-order valence-electron chi connectivity index (χ3n) is 3.54. The Morgan fingerprint density at radius 1 is 0.591 bits per heavy atom. The molecule has 0 atom stereocenters. The Balaban J connectivity index is 2.24. The van der Waals surface area contributed by atoms with Crippen LogP contribution in [0.3, 0.4) is 0 Å². The highest BCUT2D eigenvalue weighted by Gasteiger charge is 2.09. The average molecular weight is 290 g/mol. The monoisotopic (exact) mass is 290 g/mol. The van der Waals surface area contributed by atoms with Crippen LogP contribution in [0.15, 0.2) is 55.6 Å². The maximum atomic E-state index is 11.8. The summed E-state index contributed by atoms with van der Waals surface area (Å²) in [6, 6.07) is 8.29. The molecule has 6 nitrogen and oxygen atoms in total. The van der Waals surface area contributed by atoms with E-state index in [0.29, 0.717) is 27.3 Å². The molecule has 0 amide bonds. The molecule has 0 radical (unpaired) electrons. The van der Waals surface area contributed by atoms with Crippen LogP contribution in [0.4, 0.5) is 0 Å². The van der Waals surface area contributed by atoms with Gasteiger partial charge in [-0.25, -0.2) is 9.97 Å². The van der Waals surface area contributed by atoms with Crippen molar-refractivity contribution in [1.82, 2.24) is 9.97 Å². The quantitative estimate of drug-likeness (QED) is 0.340. The lowest BCUT2D eigenvalue weighted by Gasteiger charge is -2.02. The predicted octanol–water partition coefficient (Wildman–Crippen LogP) is 0.253. The minimum atomic E-state index is -0.702. The minimum Gasteiger partial charge on any atom is -0.286 e. The first-order valence-corrected chi connectivity index (χ1v) is 6.43. The topological polar surface area (TPSA) is 94.1 Å². The van der Waals surface area contributed by atoms with Crippen molar-refractivity contribution in [3.8, 4) is 0 Å². The molecular formula is C16H6N2O4. The van der Waals surface area contributed by atoms with E-state index >= 15 is 0 Å². The lowest BCUT2D eigenvalue weighted by molar-refractivity contribution is 1.36. The first kappa shape index (κ1) is 12.5. The summed E-state index contributed by atoms with van der Waals surface area (Å²) in [7, 11) is 0. The van der Waals surface area contributed by atoms with Gasteiger partial charge in [-0.05, 0) is 47.2 Å². The Morgan fingerprint density at radius 2 is 1.18 bits per heavy atom. The number of rotatable bonds is 0. The zero-order valence-corrected chi connectivity index (χ0v) is 11.0. The van der Waals surface area contributed by atoms with Gasteiger partial charge >= 0.3 is 0 Å². The molecule has 104 valence electrons. The van der Waals surface area contributed by atoms with Crippen LogP contribution in [0, 0.1) is 0 Å². The van der Waals surface area contributed by atoms with Gasteiger partial charge in [-0.1, -0.05) is 0 Å². The molecule has 0 saturated heterocycles. The lowest BCUT2D eigenvalue weighted by Crippen LogP contribution is -2.23. The van der Waals surface area contributed by atoms with Crippen molar-refractivity contribution in [3.05, 3.63) is 77.3 Å². The average Bonchev–Trinajstić information content (AvgIpc) is 2.49. The summed E-state index contributed by atoms with van der Waals surface area (Å²) in [6.45, 7) is 0. The van der Waals surface area contributed by atoms with Gasteiger partial charge in [-0.2, -0.15) is 0 Å². The summed E-state index contributed by atoms with van der Waals surface area (Å²) >= 11 is 0. The summed E-state index contributed by atoms with van der Waals surface area (Å²) in [4.78, 5) is 54.6. The fourth-order valence-electron chi connectivity index (χ4n) is 2.45. The number of hydrogen-bond donors (Lipinski definition) is 0. The largest absolute Gasteiger partial charge is 0.286 e. The van der Waals surface area contributed by atoms with Gasteiger partial charge in [-0.15, -0.1) is 0 Å². The molecule has 0 aliphatic carbocycles. The van der Waals surface area contributed by atoms with Crippen LogP contribution in [0.25, 0.3) is 32.8 Å². The molecule has 0 unspecified atom stereocenters. The fourth-order valence-corrected chi connectivity index (χ4v) is 2.45. The van der Waals surface area contributed by atoms with E-state index < -0.39 is 21.7 Å². The van der Waals surface area contributed by atoms with Crippen LogP contribution >= 0.6 is 0 Å². The number of hydrogen-bond acceptors (Lipinski definition) is 6. The molecule has 0 aliphatic heterocycles. The van der Waals surface area contributed by atoms with Crippen molar-refractivity contribution in [3.63, 3.8) is 0 Å². The van der Waals surface area contributed by atoms with Crippen molar-refractivity contribution in [1.29, 1.82) is 0 Å². The SMILES string of the molecule is O=c1cc2cc3nc4ccc(=O)c(=O)c4nc3cc2cc1=O. The third-order valence-corrected chi connectivity index (χ3v) is 3.54. The van der Waals surface area contributed by atoms with Gasteiger partial charge in [0, 0.05) is 0 Å². The highest BCUT2D eigenvalue weighted by Crippen LogP contribution is 2.19. The third kappa shape index (κ3) is 1.67. The zero-order chi connectivity index (χ0) is 15.4. The van der Waals surface area contributed by atoms with Crippen molar-refractivity contribution in [2.24, 2.45) is 0 Å². The standard InChI is InChI=1S/C16H6N2O4/c19-12-2-1-9-15(16(12)22)18-11-4-8-6-14(21)13(20)5-7(8)3-10(11)17-9/h1-6H. The van der Waals surface area contributed by atoms with Gasteiger partial charge in [0.15, 0.2) is 0 Å². The molecule has 0 N–H and O–H groups in total. The van der Waals surface area contributed by atoms with Gasteiger partial charge in [0.2, 0.25) is 16.3 Å². The normalized spacial score (nSPS) is 11.5. The van der Waals surface area contributed by atoms with E-state index in [-0.39, 0.29) is 5.52 Å². The molecule has 0 fully saturated rings. The number of fused-ring (bicyclic) bond motifs is 3. The Labute approximate surface area is 121 Å². The summed E-state index contributed by atoms with van der Waals surface area (Å²) in [5, 5.41) is 1.12. The van der Waals surface area contributed by atoms with Crippen LogP contribution in [-0.4, -0.2) is 9.97 Å². The van der Waals surface area contributed by atoms with Crippen LogP contribution in [0.5, 0.6) is 0 Å². The fraction of sp³-hybridized carbons (Fsp3) is 0. The van der Waals surface area contributed by atoms with Crippen LogP contribution in [0.2, 0.25) is 0 Å². The Hall–Kier alpha value is -3.28. The molecule has 1 heterocycles. The second kappa shape index (κ2) is 4.11. The molecule has 4 aromatic rings. The highest BCUT2D eigenvalue weighted by atomic mass is 16.2. The molecule has 0 saturated carbocycles. The van der Waals surface area contributed by atoms with Crippen molar-refractivity contribution < 1.29 is 0 Å². The molecule has 3 aromatic carbocycles. The van der Waals surface area contributed by atoms with Gasteiger partial charge in [-0.3, -0.25) is 19.2 Å². The molecule has 4 rings (SSSR count). The van der Waals surface area contributed by atoms with Crippen molar-refractivity contribution in [2.45, 2.75) is 0 Å². The summed E-state index contributed by atoms with van der Waals surface area (Å²) in [6.07, 6.45) is 0. The first-order valence-electron chi connectivity index (χ1n) is 6.43. The number of aromatic nitrogens is 2. The highest BCUT2D eigenvalue weighted by molar-refractivity contribution is 5.97. The molecule has 0 aliphatic rings. The van der Waals surface area contributed by atoms with Gasteiger partial charge in [0.1, 0.15) is 5.52 Å². The van der Waals surface area contributed by atoms with Crippen LogP contribution < -0.4 is 21.7 Å². The Bertz CT molecular complexity index is 1290. The molecule has 22 heavy (non-hydrogen) atoms. The van der Waals surface area contributed by atoms with E-state index in [1.807, 2.05) is 0 Å². The summed E-state index contributed by atoms with van der Waals surface area (Å²) < 4.78 is 0. The van der Waals surface area contributed by atoms with Crippen LogP contribution in [0.1, 0.15) is 0 Å². The Morgan fingerprint density at radius 3 is 1.82 bits per heavy atom.